The van der Waals surface area contributed by atoms with Crippen LogP contribution in [0.2, 0.25) is 0 Å². The summed E-state index contributed by atoms with van der Waals surface area (Å²) in [6, 6.07) is 17.4. The van der Waals surface area contributed by atoms with Crippen molar-refractivity contribution in [2.24, 2.45) is 5.10 Å². The van der Waals surface area contributed by atoms with Gasteiger partial charge in [0.1, 0.15) is 6.04 Å². The average molecular weight is 332 g/mol. The Labute approximate surface area is 146 Å². The van der Waals surface area contributed by atoms with E-state index in [1.54, 1.807) is 18.6 Å². The van der Waals surface area contributed by atoms with Crippen LogP contribution in [-0.4, -0.2) is 23.1 Å². The minimum atomic E-state index is -0.361. The Morgan fingerprint density at radius 1 is 1.12 bits per heavy atom. The van der Waals surface area contributed by atoms with Crippen molar-refractivity contribution < 1.29 is 4.79 Å². The topological polar surface area (TPSA) is 66.4 Å². The van der Waals surface area contributed by atoms with Gasteiger partial charge in [0, 0.05) is 23.5 Å². The molecule has 1 atom stereocenters. The molecule has 0 spiro atoms. The van der Waals surface area contributed by atoms with Crippen molar-refractivity contribution in [1.29, 1.82) is 0 Å². The number of hydrogen-bond acceptors (Lipinski definition) is 4. The van der Waals surface area contributed by atoms with Crippen LogP contribution in [0.1, 0.15) is 18.9 Å². The number of nitrogens with zero attached hydrogens (tertiary/aromatic N) is 2. The fraction of sp³-hybridized carbons (Fsp3) is 0.150. The zero-order valence-electron chi connectivity index (χ0n) is 14.0. The third-order valence-corrected chi connectivity index (χ3v) is 3.94. The van der Waals surface area contributed by atoms with Crippen molar-refractivity contribution in [2.45, 2.75) is 19.4 Å². The van der Waals surface area contributed by atoms with E-state index in [0.717, 1.165) is 22.0 Å². The van der Waals surface area contributed by atoms with Crippen LogP contribution in [0.25, 0.3) is 10.8 Å². The van der Waals surface area contributed by atoms with Crippen LogP contribution in [0.3, 0.4) is 0 Å². The molecule has 25 heavy (non-hydrogen) atoms. The Bertz CT molecular complexity index is 872. The third-order valence-electron chi connectivity index (χ3n) is 3.94. The van der Waals surface area contributed by atoms with E-state index < -0.39 is 0 Å². The molecular weight excluding hydrogens is 312 g/mol. The van der Waals surface area contributed by atoms with Crippen molar-refractivity contribution in [1.82, 2.24) is 10.4 Å². The summed E-state index contributed by atoms with van der Waals surface area (Å²) >= 11 is 0. The Hall–Kier alpha value is -3.21. The van der Waals surface area contributed by atoms with Gasteiger partial charge in [-0.1, -0.05) is 43.3 Å². The van der Waals surface area contributed by atoms with E-state index >= 15 is 0 Å². The van der Waals surface area contributed by atoms with E-state index in [1.807, 2.05) is 49.4 Å². The number of nitrogens with one attached hydrogen (secondary N) is 2. The Morgan fingerprint density at radius 2 is 1.88 bits per heavy atom. The van der Waals surface area contributed by atoms with Crippen molar-refractivity contribution in [2.75, 3.05) is 5.32 Å². The molecule has 1 unspecified atom stereocenters. The van der Waals surface area contributed by atoms with Crippen LogP contribution in [0, 0.1) is 0 Å². The van der Waals surface area contributed by atoms with Gasteiger partial charge in [0.25, 0.3) is 5.91 Å². The number of carbonyl (C=O) groups excluding carboxylic acids is 1. The van der Waals surface area contributed by atoms with E-state index in [2.05, 4.69) is 33.0 Å². The van der Waals surface area contributed by atoms with E-state index in [0.29, 0.717) is 6.42 Å². The normalized spacial score (nSPS) is 12.2. The molecule has 2 aromatic carbocycles. The average Bonchev–Trinajstić information content (AvgIpc) is 2.67. The Balaban J connectivity index is 1.69. The van der Waals surface area contributed by atoms with Gasteiger partial charge in [-0.2, -0.15) is 5.10 Å². The molecule has 0 fully saturated rings. The molecule has 0 saturated heterocycles. The first kappa shape index (κ1) is 16.6. The minimum absolute atomic E-state index is 0.166. The quantitative estimate of drug-likeness (QED) is 0.536. The molecule has 0 aliphatic rings. The fourth-order valence-electron chi connectivity index (χ4n) is 2.59. The predicted molar refractivity (Wildman–Crippen MR) is 102 cm³/mol. The van der Waals surface area contributed by atoms with Crippen LogP contribution < -0.4 is 10.7 Å². The van der Waals surface area contributed by atoms with Crippen molar-refractivity contribution in [3.63, 3.8) is 0 Å². The van der Waals surface area contributed by atoms with Gasteiger partial charge in [-0.05, 0) is 35.6 Å². The molecule has 2 N–H and O–H groups in total. The van der Waals surface area contributed by atoms with Crippen LogP contribution in [0.4, 0.5) is 5.69 Å². The van der Waals surface area contributed by atoms with Gasteiger partial charge in [-0.15, -0.1) is 0 Å². The fourth-order valence-corrected chi connectivity index (χ4v) is 2.59. The van der Waals surface area contributed by atoms with Crippen LogP contribution in [0.5, 0.6) is 0 Å². The lowest BCUT2D eigenvalue weighted by molar-refractivity contribution is -0.121. The van der Waals surface area contributed by atoms with E-state index in [-0.39, 0.29) is 11.9 Å². The number of anilines is 1. The molecule has 1 heterocycles. The number of aromatic nitrogens is 1. The summed E-state index contributed by atoms with van der Waals surface area (Å²) in [7, 11) is 0. The summed E-state index contributed by atoms with van der Waals surface area (Å²) in [5.41, 5.74) is 4.42. The first-order valence-corrected chi connectivity index (χ1v) is 8.25. The summed E-state index contributed by atoms with van der Waals surface area (Å²) in [5, 5.41) is 9.58. The van der Waals surface area contributed by atoms with E-state index in [4.69, 9.17) is 0 Å². The highest BCUT2D eigenvalue weighted by Gasteiger charge is 2.16. The van der Waals surface area contributed by atoms with Gasteiger partial charge < -0.3 is 5.32 Å². The number of hydrogen-bond donors (Lipinski definition) is 2. The second-order valence-electron chi connectivity index (χ2n) is 5.65. The second-order valence-corrected chi connectivity index (χ2v) is 5.65. The molecule has 0 aliphatic carbocycles. The smallest absolute Gasteiger partial charge is 0.262 e. The summed E-state index contributed by atoms with van der Waals surface area (Å²) < 4.78 is 0. The van der Waals surface area contributed by atoms with Gasteiger partial charge in [0.05, 0.1) is 6.21 Å². The lowest BCUT2D eigenvalue weighted by Crippen LogP contribution is -2.36. The summed E-state index contributed by atoms with van der Waals surface area (Å²) in [5.74, 6) is -0.166. The SMILES string of the molecule is CCC(Nc1cccc2ccccc12)C(=O)N/N=C/c1ccncc1. The van der Waals surface area contributed by atoms with Crippen molar-refractivity contribution >= 4 is 28.6 Å². The summed E-state index contributed by atoms with van der Waals surface area (Å²) in [6.07, 6.45) is 5.62. The first-order chi connectivity index (χ1) is 12.3. The van der Waals surface area contributed by atoms with Gasteiger partial charge in [-0.3, -0.25) is 9.78 Å². The number of pyridine rings is 1. The largest absolute Gasteiger partial charge is 0.373 e. The highest BCUT2D eigenvalue weighted by molar-refractivity contribution is 5.96. The van der Waals surface area contributed by atoms with Crippen LogP contribution in [0.15, 0.2) is 72.1 Å². The zero-order chi connectivity index (χ0) is 17.5. The number of amides is 1. The maximum Gasteiger partial charge on any atom is 0.262 e. The molecule has 126 valence electrons. The molecule has 3 aromatic rings. The molecule has 0 saturated carbocycles. The van der Waals surface area contributed by atoms with Crippen LogP contribution >= 0.6 is 0 Å². The number of fused-ring (bicyclic) bond motifs is 1. The number of carbonyl (C=O) groups is 1. The summed E-state index contributed by atoms with van der Waals surface area (Å²) in [6.45, 7) is 1.97. The molecule has 0 bridgehead atoms. The molecule has 5 heteroatoms. The number of benzene rings is 2. The van der Waals surface area contributed by atoms with Gasteiger partial charge >= 0.3 is 0 Å². The van der Waals surface area contributed by atoms with Gasteiger partial charge in [-0.25, -0.2) is 5.43 Å². The Morgan fingerprint density at radius 3 is 2.68 bits per heavy atom. The first-order valence-electron chi connectivity index (χ1n) is 8.25. The maximum atomic E-state index is 12.4. The second kappa shape index (κ2) is 8.06. The maximum absolute atomic E-state index is 12.4. The number of hydrazone groups is 1. The molecule has 5 nitrogen and oxygen atoms in total. The molecule has 3 rings (SSSR count). The summed E-state index contributed by atoms with van der Waals surface area (Å²) in [4.78, 5) is 16.3. The molecule has 1 amide bonds. The minimum Gasteiger partial charge on any atom is -0.373 e. The lowest BCUT2D eigenvalue weighted by atomic mass is 10.1. The van der Waals surface area contributed by atoms with Gasteiger partial charge in [0.2, 0.25) is 0 Å². The Kier molecular flexibility index (Phi) is 5.36. The standard InChI is InChI=1S/C20H20N4O/c1-2-18(20(25)24-22-14-15-10-12-21-13-11-15)23-19-9-5-7-16-6-3-4-8-17(16)19/h3-14,18,23H,2H2,1H3,(H,24,25)/b22-14+. The highest BCUT2D eigenvalue weighted by atomic mass is 16.2. The zero-order valence-corrected chi connectivity index (χ0v) is 14.0. The molecule has 0 radical (unpaired) electrons. The molecular formula is C20H20N4O. The number of rotatable bonds is 6. The third kappa shape index (κ3) is 4.20. The highest BCUT2D eigenvalue weighted by Crippen LogP contribution is 2.23. The van der Waals surface area contributed by atoms with E-state index in [9.17, 15) is 4.79 Å². The van der Waals surface area contributed by atoms with Crippen molar-refractivity contribution in [3.8, 4) is 0 Å². The lowest BCUT2D eigenvalue weighted by Gasteiger charge is -2.18. The van der Waals surface area contributed by atoms with Crippen LogP contribution in [-0.2, 0) is 4.79 Å². The molecule has 1 aromatic heterocycles. The monoisotopic (exact) mass is 332 g/mol. The molecule has 0 aliphatic heterocycles. The van der Waals surface area contributed by atoms with E-state index in [1.165, 1.54) is 0 Å². The van der Waals surface area contributed by atoms with Crippen molar-refractivity contribution in [3.05, 3.63) is 72.6 Å². The van der Waals surface area contributed by atoms with Gasteiger partial charge in [0.15, 0.2) is 0 Å². The predicted octanol–water partition coefficient (Wildman–Crippen LogP) is 3.58.